The lowest BCUT2D eigenvalue weighted by Crippen LogP contribution is -2.43. The van der Waals surface area contributed by atoms with Crippen LogP contribution in [-0.2, 0) is 24.9 Å². The molecule has 5 rings (SSSR count). The van der Waals surface area contributed by atoms with Gasteiger partial charge in [0.05, 0.1) is 0 Å². The largest absolute Gasteiger partial charge is 0.350 e. The maximum Gasteiger partial charge on any atom is 0.281 e. The lowest BCUT2D eigenvalue weighted by molar-refractivity contribution is -0.122. The summed E-state index contributed by atoms with van der Waals surface area (Å²) in [6, 6.07) is 17.7. The Hall–Kier alpha value is -3.56. The molecule has 1 atom stereocenters. The molecule has 1 amide bonds. The van der Waals surface area contributed by atoms with Gasteiger partial charge in [0.25, 0.3) is 5.56 Å². The van der Waals surface area contributed by atoms with Crippen molar-refractivity contribution in [3.8, 4) is 11.4 Å². The molecule has 0 saturated carbocycles. The van der Waals surface area contributed by atoms with Crippen LogP contribution in [0.4, 0.5) is 5.13 Å². The maximum atomic E-state index is 13.2. The summed E-state index contributed by atoms with van der Waals surface area (Å²) >= 11 is 1.38. The van der Waals surface area contributed by atoms with Gasteiger partial charge in [-0.1, -0.05) is 59.9 Å². The first-order valence-electron chi connectivity index (χ1n) is 12.1. The molecule has 0 bridgehead atoms. The second-order valence-corrected chi connectivity index (χ2v) is 10.4. The van der Waals surface area contributed by atoms with Gasteiger partial charge in [-0.25, -0.2) is 9.97 Å². The number of hydrogen-bond acceptors (Lipinski definition) is 7. The molecule has 1 aliphatic heterocycles. The molecule has 8 nitrogen and oxygen atoms in total. The molecule has 0 radical (unpaired) electrons. The van der Waals surface area contributed by atoms with Crippen molar-refractivity contribution >= 4 is 32.7 Å². The molecule has 1 saturated heterocycles. The standard InChI is InChI=1S/C27H30N6O2S/c1-31(2)17-19-11-7-12-20(15-19)23-30-25-22(26(35)32(23)3)29-27(36-25)33-14-8-13-21(33)24(34)28-16-18-9-5-4-6-10-18/h4-7,9-12,15,21H,8,13-14,16-17H2,1-3H3,(H,28,34). The van der Waals surface area contributed by atoms with Gasteiger partial charge in [0.1, 0.15) is 11.9 Å². The van der Waals surface area contributed by atoms with Crippen LogP contribution in [0.2, 0.25) is 0 Å². The molecule has 1 unspecified atom stereocenters. The fraction of sp³-hybridized carbons (Fsp3) is 0.333. The number of amides is 1. The molecule has 36 heavy (non-hydrogen) atoms. The van der Waals surface area contributed by atoms with E-state index in [1.54, 1.807) is 11.6 Å². The van der Waals surface area contributed by atoms with Crippen molar-refractivity contribution in [2.24, 2.45) is 7.05 Å². The van der Waals surface area contributed by atoms with Crippen LogP contribution >= 0.6 is 11.3 Å². The SMILES string of the molecule is CN(C)Cc1cccc(-c2nc3sc(N4CCCC4C(=O)NCc4ccccc4)nc3c(=O)n2C)c1. The van der Waals surface area contributed by atoms with Gasteiger partial charge < -0.3 is 15.1 Å². The zero-order valence-electron chi connectivity index (χ0n) is 20.8. The number of benzene rings is 2. The van der Waals surface area contributed by atoms with E-state index in [4.69, 9.17) is 4.98 Å². The number of fused-ring (bicyclic) bond motifs is 1. The molecule has 2 aromatic carbocycles. The van der Waals surface area contributed by atoms with Crippen LogP contribution in [-0.4, -0.2) is 52.0 Å². The Balaban J connectivity index is 1.42. The van der Waals surface area contributed by atoms with Crippen LogP contribution in [0.15, 0.2) is 59.4 Å². The molecule has 0 aliphatic carbocycles. The molecule has 1 N–H and O–H groups in total. The Morgan fingerprint density at radius 2 is 1.89 bits per heavy atom. The summed E-state index contributed by atoms with van der Waals surface area (Å²) in [5, 5.41) is 3.73. The van der Waals surface area contributed by atoms with Crippen LogP contribution in [0, 0.1) is 0 Å². The van der Waals surface area contributed by atoms with Gasteiger partial charge in [0, 0.05) is 32.2 Å². The average Bonchev–Trinajstić information content (AvgIpc) is 3.52. The molecule has 0 spiro atoms. The number of thiazole rings is 1. The smallest absolute Gasteiger partial charge is 0.281 e. The zero-order chi connectivity index (χ0) is 25.2. The predicted molar refractivity (Wildman–Crippen MR) is 144 cm³/mol. The number of nitrogens with zero attached hydrogens (tertiary/aromatic N) is 5. The minimum atomic E-state index is -0.305. The molecule has 1 aliphatic rings. The lowest BCUT2D eigenvalue weighted by Gasteiger charge is -2.23. The summed E-state index contributed by atoms with van der Waals surface area (Å²) in [7, 11) is 5.79. The highest BCUT2D eigenvalue weighted by molar-refractivity contribution is 7.21. The number of anilines is 1. The van der Waals surface area contributed by atoms with Gasteiger partial charge in [0.15, 0.2) is 15.5 Å². The number of aromatic nitrogens is 3. The second kappa shape index (κ2) is 10.2. The van der Waals surface area contributed by atoms with Crippen molar-refractivity contribution in [3.05, 3.63) is 76.1 Å². The summed E-state index contributed by atoms with van der Waals surface area (Å²) in [5.74, 6) is 0.594. The molecular formula is C27H30N6O2S. The number of carbonyl (C=O) groups excluding carboxylic acids is 1. The third-order valence-corrected chi connectivity index (χ3v) is 7.41. The third kappa shape index (κ3) is 4.89. The summed E-state index contributed by atoms with van der Waals surface area (Å²) in [4.78, 5) is 40.5. The summed E-state index contributed by atoms with van der Waals surface area (Å²) in [6.45, 7) is 2.02. The van der Waals surface area contributed by atoms with E-state index in [-0.39, 0.29) is 17.5 Å². The fourth-order valence-corrected chi connectivity index (χ4v) is 5.68. The van der Waals surface area contributed by atoms with E-state index >= 15 is 0 Å². The molecule has 3 heterocycles. The van der Waals surface area contributed by atoms with Crippen molar-refractivity contribution in [1.82, 2.24) is 24.8 Å². The Morgan fingerprint density at radius 1 is 1.11 bits per heavy atom. The van der Waals surface area contributed by atoms with Crippen molar-refractivity contribution in [1.29, 1.82) is 0 Å². The highest BCUT2D eigenvalue weighted by atomic mass is 32.1. The van der Waals surface area contributed by atoms with Crippen molar-refractivity contribution in [3.63, 3.8) is 0 Å². The van der Waals surface area contributed by atoms with E-state index in [9.17, 15) is 9.59 Å². The molecule has 9 heteroatoms. The Labute approximate surface area is 214 Å². The topological polar surface area (TPSA) is 83.4 Å². The monoisotopic (exact) mass is 502 g/mol. The van der Waals surface area contributed by atoms with Gasteiger partial charge in [-0.2, -0.15) is 0 Å². The first-order chi connectivity index (χ1) is 17.4. The summed E-state index contributed by atoms with van der Waals surface area (Å²) < 4.78 is 1.56. The zero-order valence-corrected chi connectivity index (χ0v) is 21.6. The third-order valence-electron chi connectivity index (χ3n) is 6.43. The quantitative estimate of drug-likeness (QED) is 0.417. The normalized spacial score (nSPS) is 15.7. The highest BCUT2D eigenvalue weighted by Crippen LogP contribution is 2.32. The lowest BCUT2D eigenvalue weighted by atomic mass is 10.1. The number of carbonyl (C=O) groups is 1. The molecule has 1 fully saturated rings. The van der Waals surface area contributed by atoms with E-state index < -0.39 is 0 Å². The first-order valence-corrected chi connectivity index (χ1v) is 12.9. The summed E-state index contributed by atoms with van der Waals surface area (Å²) in [5.41, 5.74) is 3.27. The van der Waals surface area contributed by atoms with Gasteiger partial charge >= 0.3 is 0 Å². The van der Waals surface area contributed by atoms with Crippen LogP contribution in [0.1, 0.15) is 24.0 Å². The van der Waals surface area contributed by atoms with E-state index in [0.29, 0.717) is 27.8 Å². The Bertz CT molecular complexity index is 1450. The van der Waals surface area contributed by atoms with Crippen LogP contribution in [0.3, 0.4) is 0 Å². The molecule has 4 aromatic rings. The first kappa shape index (κ1) is 24.1. The van der Waals surface area contributed by atoms with Gasteiger partial charge in [-0.15, -0.1) is 0 Å². The highest BCUT2D eigenvalue weighted by Gasteiger charge is 2.33. The molecule has 2 aromatic heterocycles. The predicted octanol–water partition coefficient (Wildman–Crippen LogP) is 3.40. The van der Waals surface area contributed by atoms with Crippen molar-refractivity contribution in [2.75, 3.05) is 25.5 Å². The Morgan fingerprint density at radius 3 is 2.67 bits per heavy atom. The molecular weight excluding hydrogens is 472 g/mol. The number of nitrogens with one attached hydrogen (secondary N) is 1. The van der Waals surface area contributed by atoms with Gasteiger partial charge in [-0.3, -0.25) is 14.2 Å². The summed E-state index contributed by atoms with van der Waals surface area (Å²) in [6.07, 6.45) is 1.65. The fourth-order valence-electron chi connectivity index (χ4n) is 4.67. The number of rotatable bonds is 7. The van der Waals surface area contributed by atoms with Crippen LogP contribution in [0.25, 0.3) is 21.7 Å². The van der Waals surface area contributed by atoms with Gasteiger partial charge in [-0.05, 0) is 44.1 Å². The van der Waals surface area contributed by atoms with Crippen molar-refractivity contribution in [2.45, 2.75) is 32.0 Å². The van der Waals surface area contributed by atoms with E-state index in [0.717, 1.165) is 42.6 Å². The Kier molecular flexibility index (Phi) is 6.84. The second-order valence-electron chi connectivity index (χ2n) is 9.44. The minimum Gasteiger partial charge on any atom is -0.350 e. The maximum absolute atomic E-state index is 13.2. The molecule has 186 valence electrons. The van der Waals surface area contributed by atoms with E-state index in [1.165, 1.54) is 11.3 Å². The van der Waals surface area contributed by atoms with Crippen LogP contribution in [0.5, 0.6) is 0 Å². The average molecular weight is 503 g/mol. The van der Waals surface area contributed by atoms with E-state index in [1.807, 2.05) is 61.5 Å². The van der Waals surface area contributed by atoms with E-state index in [2.05, 4.69) is 27.3 Å². The number of hydrogen-bond donors (Lipinski definition) is 1. The minimum absolute atomic E-state index is 0.0186. The van der Waals surface area contributed by atoms with Crippen molar-refractivity contribution < 1.29 is 4.79 Å². The van der Waals surface area contributed by atoms with Crippen LogP contribution < -0.4 is 15.8 Å². The van der Waals surface area contributed by atoms with Gasteiger partial charge in [0.2, 0.25) is 5.91 Å².